The predicted octanol–water partition coefficient (Wildman–Crippen LogP) is 2.97. The SMILES string of the molecule is CC1=NC(=O)C(Cl)C(OCc2ccc(F)cc2F)=C1. The van der Waals surface area contributed by atoms with Crippen molar-refractivity contribution in [1.82, 2.24) is 0 Å². The molecule has 1 aliphatic rings. The second-order valence-electron chi connectivity index (χ2n) is 4.03. The van der Waals surface area contributed by atoms with Crippen molar-refractivity contribution in [2.24, 2.45) is 4.99 Å². The second kappa shape index (κ2) is 5.48. The van der Waals surface area contributed by atoms with E-state index in [9.17, 15) is 13.6 Å². The third kappa shape index (κ3) is 3.17. The van der Waals surface area contributed by atoms with Crippen LogP contribution in [0.5, 0.6) is 0 Å². The van der Waals surface area contributed by atoms with E-state index >= 15 is 0 Å². The first-order chi connectivity index (χ1) is 8.97. The highest BCUT2D eigenvalue weighted by Gasteiger charge is 2.25. The number of dihydropyridines is 1. The molecule has 100 valence electrons. The van der Waals surface area contributed by atoms with Gasteiger partial charge in [0.25, 0.3) is 5.91 Å². The van der Waals surface area contributed by atoms with Gasteiger partial charge in [-0.1, -0.05) is 0 Å². The van der Waals surface area contributed by atoms with E-state index in [4.69, 9.17) is 16.3 Å². The van der Waals surface area contributed by atoms with Gasteiger partial charge >= 0.3 is 0 Å². The summed E-state index contributed by atoms with van der Waals surface area (Å²) in [6.07, 6.45) is 1.51. The van der Waals surface area contributed by atoms with Gasteiger partial charge in [-0.05, 0) is 25.1 Å². The molecule has 2 rings (SSSR count). The van der Waals surface area contributed by atoms with Crippen LogP contribution in [-0.4, -0.2) is 17.0 Å². The Balaban J connectivity index is 2.10. The number of amides is 1. The minimum Gasteiger partial charge on any atom is -0.491 e. The number of hydrogen-bond donors (Lipinski definition) is 0. The fraction of sp³-hybridized carbons (Fsp3) is 0.231. The molecule has 0 radical (unpaired) electrons. The van der Waals surface area contributed by atoms with Gasteiger partial charge in [-0.3, -0.25) is 4.79 Å². The van der Waals surface area contributed by atoms with Gasteiger partial charge in [-0.2, -0.15) is 0 Å². The van der Waals surface area contributed by atoms with Gasteiger partial charge in [-0.15, -0.1) is 11.6 Å². The van der Waals surface area contributed by atoms with Gasteiger partial charge in [0.1, 0.15) is 24.0 Å². The molecule has 0 bridgehead atoms. The van der Waals surface area contributed by atoms with Gasteiger partial charge in [0.2, 0.25) is 0 Å². The summed E-state index contributed by atoms with van der Waals surface area (Å²) in [5.74, 6) is -1.68. The van der Waals surface area contributed by atoms with Gasteiger partial charge < -0.3 is 4.74 Å². The maximum atomic E-state index is 13.4. The van der Waals surface area contributed by atoms with E-state index in [1.807, 2.05) is 0 Å². The molecule has 6 heteroatoms. The maximum absolute atomic E-state index is 13.4. The first-order valence-corrected chi connectivity index (χ1v) is 5.92. The molecule has 1 heterocycles. The minimum absolute atomic E-state index is 0.137. The van der Waals surface area contributed by atoms with Gasteiger partial charge in [0.15, 0.2) is 5.38 Å². The molecule has 0 spiro atoms. The lowest BCUT2D eigenvalue weighted by atomic mass is 10.2. The topological polar surface area (TPSA) is 38.7 Å². The molecule has 0 aromatic heterocycles. The van der Waals surface area contributed by atoms with Crippen molar-refractivity contribution in [2.45, 2.75) is 18.9 Å². The molecule has 0 N–H and O–H groups in total. The molecule has 3 nitrogen and oxygen atoms in total. The number of carbonyl (C=O) groups is 1. The monoisotopic (exact) mass is 285 g/mol. The summed E-state index contributed by atoms with van der Waals surface area (Å²) in [6, 6.07) is 3.18. The van der Waals surface area contributed by atoms with Crippen LogP contribution in [0.4, 0.5) is 8.78 Å². The smallest absolute Gasteiger partial charge is 0.271 e. The van der Waals surface area contributed by atoms with Crippen LogP contribution in [0.15, 0.2) is 35.0 Å². The minimum atomic E-state index is -1.01. The molecule has 1 aromatic rings. The molecule has 19 heavy (non-hydrogen) atoms. The van der Waals surface area contributed by atoms with Crippen molar-refractivity contribution in [1.29, 1.82) is 0 Å². The van der Waals surface area contributed by atoms with E-state index < -0.39 is 22.9 Å². The standard InChI is InChI=1S/C13H10ClF2NO2/c1-7-4-11(12(14)13(18)17-7)19-6-8-2-3-9(15)5-10(8)16/h2-5,12H,6H2,1H3. The summed E-state index contributed by atoms with van der Waals surface area (Å²) in [5, 5.41) is -1.01. The summed E-state index contributed by atoms with van der Waals surface area (Å²) < 4.78 is 31.4. The van der Waals surface area contributed by atoms with E-state index in [0.29, 0.717) is 5.71 Å². The van der Waals surface area contributed by atoms with Crippen LogP contribution in [-0.2, 0) is 16.1 Å². The summed E-state index contributed by atoms with van der Waals surface area (Å²) in [6.45, 7) is 1.49. The van der Waals surface area contributed by atoms with Gasteiger partial charge in [0, 0.05) is 17.3 Å². The van der Waals surface area contributed by atoms with Crippen molar-refractivity contribution < 1.29 is 18.3 Å². The van der Waals surface area contributed by atoms with E-state index in [0.717, 1.165) is 12.1 Å². The van der Waals surface area contributed by atoms with E-state index in [2.05, 4.69) is 4.99 Å². The molecule has 0 aliphatic carbocycles. The van der Waals surface area contributed by atoms with Crippen molar-refractivity contribution in [2.75, 3.05) is 0 Å². The molecule has 1 aliphatic heterocycles. The van der Waals surface area contributed by atoms with E-state index in [1.165, 1.54) is 12.1 Å². The van der Waals surface area contributed by atoms with Crippen LogP contribution < -0.4 is 0 Å². The zero-order valence-electron chi connectivity index (χ0n) is 9.99. The number of ether oxygens (including phenoxy) is 1. The van der Waals surface area contributed by atoms with Crippen molar-refractivity contribution in [3.8, 4) is 0 Å². The number of rotatable bonds is 3. The Morgan fingerprint density at radius 3 is 2.84 bits per heavy atom. The Kier molecular flexibility index (Phi) is 3.95. The quantitative estimate of drug-likeness (QED) is 0.801. The number of benzene rings is 1. The third-order valence-corrected chi connectivity index (χ3v) is 2.92. The van der Waals surface area contributed by atoms with Crippen LogP contribution in [0.1, 0.15) is 12.5 Å². The highest BCUT2D eigenvalue weighted by molar-refractivity contribution is 6.34. The first kappa shape index (κ1) is 13.7. The lowest BCUT2D eigenvalue weighted by Crippen LogP contribution is -2.22. The molecule has 1 aromatic carbocycles. The normalized spacial score (nSPS) is 18.9. The summed E-state index contributed by atoms with van der Waals surface area (Å²) in [7, 11) is 0. The molecule has 0 saturated carbocycles. The van der Waals surface area contributed by atoms with Crippen molar-refractivity contribution in [3.63, 3.8) is 0 Å². The number of carbonyl (C=O) groups excluding carboxylic acids is 1. The lowest BCUT2D eigenvalue weighted by molar-refractivity contribution is -0.117. The van der Waals surface area contributed by atoms with Crippen LogP contribution >= 0.6 is 11.6 Å². The highest BCUT2D eigenvalue weighted by atomic mass is 35.5. The fourth-order valence-electron chi connectivity index (χ4n) is 1.58. The maximum Gasteiger partial charge on any atom is 0.271 e. The number of nitrogens with zero attached hydrogens (tertiary/aromatic N) is 1. The molecule has 0 fully saturated rings. The molecule has 0 saturated heterocycles. The molecule has 1 amide bonds. The summed E-state index contributed by atoms with van der Waals surface area (Å²) in [4.78, 5) is 15.0. The third-order valence-electron chi connectivity index (χ3n) is 2.51. The molecular formula is C13H10ClF2NO2. The van der Waals surface area contributed by atoms with Crippen molar-refractivity contribution >= 4 is 23.2 Å². The Labute approximate surface area is 113 Å². The average Bonchev–Trinajstić information content (AvgIpc) is 2.33. The zero-order chi connectivity index (χ0) is 14.0. The first-order valence-electron chi connectivity index (χ1n) is 5.49. The van der Waals surface area contributed by atoms with Crippen LogP contribution in [0.3, 0.4) is 0 Å². The number of allylic oxidation sites excluding steroid dienone is 1. The lowest BCUT2D eigenvalue weighted by Gasteiger charge is -2.17. The summed E-state index contributed by atoms with van der Waals surface area (Å²) in [5.41, 5.74) is 0.648. The fourth-order valence-corrected chi connectivity index (χ4v) is 1.75. The van der Waals surface area contributed by atoms with Crippen LogP contribution in [0, 0.1) is 11.6 Å². The van der Waals surface area contributed by atoms with Crippen molar-refractivity contribution in [3.05, 3.63) is 47.2 Å². The highest BCUT2D eigenvalue weighted by Crippen LogP contribution is 2.20. The number of halogens is 3. The zero-order valence-corrected chi connectivity index (χ0v) is 10.7. The molecular weight excluding hydrogens is 276 g/mol. The number of hydrogen-bond acceptors (Lipinski definition) is 2. The van der Waals surface area contributed by atoms with E-state index in [-0.39, 0.29) is 17.9 Å². The van der Waals surface area contributed by atoms with E-state index in [1.54, 1.807) is 6.92 Å². The van der Waals surface area contributed by atoms with Gasteiger partial charge in [0.05, 0.1) is 0 Å². The Bertz CT molecular complexity index is 584. The Morgan fingerprint density at radius 2 is 2.16 bits per heavy atom. The second-order valence-corrected chi connectivity index (χ2v) is 4.46. The molecule has 1 unspecified atom stereocenters. The predicted molar refractivity (Wildman–Crippen MR) is 67.0 cm³/mol. The number of alkyl halides is 1. The summed E-state index contributed by atoms with van der Waals surface area (Å²) >= 11 is 5.83. The van der Waals surface area contributed by atoms with Gasteiger partial charge in [-0.25, -0.2) is 13.8 Å². The number of aliphatic imine (C=N–C) groups is 1. The average molecular weight is 286 g/mol. The largest absolute Gasteiger partial charge is 0.491 e. The Hall–Kier alpha value is -1.75. The Morgan fingerprint density at radius 1 is 1.42 bits per heavy atom. The van der Waals surface area contributed by atoms with Crippen LogP contribution in [0.2, 0.25) is 0 Å². The van der Waals surface area contributed by atoms with Crippen LogP contribution in [0.25, 0.3) is 0 Å². The molecule has 1 atom stereocenters.